The zero-order chi connectivity index (χ0) is 20.8. The fourth-order valence-electron chi connectivity index (χ4n) is 2.11. The van der Waals surface area contributed by atoms with Gasteiger partial charge in [-0.3, -0.25) is 14.9 Å². The zero-order valence-corrected chi connectivity index (χ0v) is 15.0. The van der Waals surface area contributed by atoms with Crippen molar-refractivity contribution in [3.8, 4) is 5.75 Å². The Morgan fingerprint density at radius 1 is 1.21 bits per heavy atom. The number of carbonyl (C=O) groups is 2. The summed E-state index contributed by atoms with van der Waals surface area (Å²) < 4.78 is 34.1. The van der Waals surface area contributed by atoms with E-state index in [-0.39, 0.29) is 16.5 Å². The molecule has 2 rings (SSSR count). The molecule has 1 N–H and O–H groups in total. The van der Waals surface area contributed by atoms with E-state index in [1.165, 1.54) is 37.3 Å². The number of alkyl halides is 2. The van der Waals surface area contributed by atoms with Crippen LogP contribution in [0, 0.1) is 10.1 Å². The number of nitrogens with one attached hydrogen (secondary N) is 1. The van der Waals surface area contributed by atoms with Crippen molar-refractivity contribution >= 4 is 34.9 Å². The molecule has 1 amide bonds. The predicted octanol–water partition coefficient (Wildman–Crippen LogP) is 4.03. The van der Waals surface area contributed by atoms with Crippen LogP contribution < -0.4 is 10.1 Å². The summed E-state index contributed by atoms with van der Waals surface area (Å²) in [6, 6.07) is 8.72. The van der Waals surface area contributed by atoms with Crippen LogP contribution in [0.2, 0.25) is 5.02 Å². The predicted molar refractivity (Wildman–Crippen MR) is 94.7 cm³/mol. The molecule has 2 aromatic rings. The molecule has 1 atom stereocenters. The summed E-state index contributed by atoms with van der Waals surface area (Å²) in [6.07, 6.45) is -1.40. The summed E-state index contributed by atoms with van der Waals surface area (Å²) in [6.45, 7) is -1.89. The lowest BCUT2D eigenvalue weighted by atomic mass is 10.2. The highest BCUT2D eigenvalue weighted by Crippen LogP contribution is 2.26. The quantitative estimate of drug-likeness (QED) is 0.416. The SMILES string of the molecule is CC(OC(=O)c1cc(Cl)ccc1[N+](=O)[O-])C(=O)Nc1ccccc1OC(F)F. The van der Waals surface area contributed by atoms with Crippen LogP contribution in [0.3, 0.4) is 0 Å². The van der Waals surface area contributed by atoms with E-state index < -0.39 is 40.8 Å². The van der Waals surface area contributed by atoms with Gasteiger partial charge in [0.05, 0.1) is 10.6 Å². The fraction of sp³-hybridized carbons (Fsp3) is 0.176. The number of halogens is 3. The van der Waals surface area contributed by atoms with Crippen molar-refractivity contribution in [2.24, 2.45) is 0 Å². The lowest BCUT2D eigenvalue weighted by molar-refractivity contribution is -0.385. The number of ether oxygens (including phenoxy) is 2. The van der Waals surface area contributed by atoms with Crippen molar-refractivity contribution < 1.29 is 32.8 Å². The molecule has 0 aliphatic carbocycles. The molecule has 148 valence electrons. The van der Waals surface area contributed by atoms with Gasteiger partial charge >= 0.3 is 12.6 Å². The molecule has 11 heteroatoms. The number of para-hydroxylation sites is 2. The average Bonchev–Trinajstić information content (AvgIpc) is 2.62. The van der Waals surface area contributed by atoms with E-state index in [1.54, 1.807) is 0 Å². The monoisotopic (exact) mass is 414 g/mol. The lowest BCUT2D eigenvalue weighted by Gasteiger charge is -2.15. The normalized spacial score (nSPS) is 11.6. The summed E-state index contributed by atoms with van der Waals surface area (Å²) in [5.41, 5.74) is -1.04. The number of nitro benzene ring substituents is 1. The van der Waals surface area contributed by atoms with Gasteiger partial charge in [-0.25, -0.2) is 4.79 Å². The first-order valence-corrected chi connectivity index (χ1v) is 8.06. The van der Waals surface area contributed by atoms with Crippen LogP contribution >= 0.6 is 11.6 Å². The molecule has 0 fully saturated rings. The Balaban J connectivity index is 2.12. The van der Waals surface area contributed by atoms with Crippen molar-refractivity contribution in [3.63, 3.8) is 0 Å². The van der Waals surface area contributed by atoms with Crippen molar-refractivity contribution in [1.82, 2.24) is 0 Å². The summed E-state index contributed by atoms with van der Waals surface area (Å²) in [5, 5.41) is 13.4. The number of esters is 1. The minimum atomic E-state index is -3.10. The molecular weight excluding hydrogens is 402 g/mol. The van der Waals surface area contributed by atoms with Crippen molar-refractivity contribution in [2.75, 3.05) is 5.32 Å². The Morgan fingerprint density at radius 2 is 1.89 bits per heavy atom. The Kier molecular flexibility index (Phi) is 6.83. The van der Waals surface area contributed by atoms with E-state index in [2.05, 4.69) is 10.1 Å². The Labute approximate surface area is 162 Å². The van der Waals surface area contributed by atoms with Crippen LogP contribution in [-0.2, 0) is 9.53 Å². The Morgan fingerprint density at radius 3 is 2.54 bits per heavy atom. The van der Waals surface area contributed by atoms with E-state index >= 15 is 0 Å². The first kappa shape index (κ1) is 21.0. The number of benzene rings is 2. The standard InChI is InChI=1S/C17H13ClF2N2O6/c1-9(15(23)21-12-4-2-3-5-14(12)28-17(19)20)27-16(24)11-8-10(18)6-7-13(11)22(25)26/h2-9,17H,1H3,(H,21,23). The zero-order valence-electron chi connectivity index (χ0n) is 14.2. The Hall–Kier alpha value is -3.27. The van der Waals surface area contributed by atoms with Gasteiger partial charge in [-0.2, -0.15) is 8.78 Å². The smallest absolute Gasteiger partial charge is 0.387 e. The number of hydrogen-bond acceptors (Lipinski definition) is 6. The largest absolute Gasteiger partial charge is 0.449 e. The molecule has 0 aliphatic heterocycles. The van der Waals surface area contributed by atoms with E-state index in [0.29, 0.717) is 0 Å². The summed E-state index contributed by atoms with van der Waals surface area (Å²) in [4.78, 5) is 34.7. The third kappa shape index (κ3) is 5.36. The third-order valence-electron chi connectivity index (χ3n) is 3.39. The molecule has 28 heavy (non-hydrogen) atoms. The molecule has 0 radical (unpaired) electrons. The van der Waals surface area contributed by atoms with E-state index in [9.17, 15) is 28.5 Å². The van der Waals surface area contributed by atoms with Crippen LogP contribution in [0.25, 0.3) is 0 Å². The number of amides is 1. The van der Waals surface area contributed by atoms with Gasteiger partial charge in [0.25, 0.3) is 11.6 Å². The van der Waals surface area contributed by atoms with Crippen molar-refractivity contribution in [1.29, 1.82) is 0 Å². The van der Waals surface area contributed by atoms with Gasteiger partial charge in [0, 0.05) is 11.1 Å². The molecule has 0 bridgehead atoms. The number of nitro groups is 1. The van der Waals surface area contributed by atoms with Gasteiger partial charge in [0.15, 0.2) is 6.10 Å². The second-order valence-electron chi connectivity index (χ2n) is 5.33. The van der Waals surface area contributed by atoms with Crippen molar-refractivity contribution in [3.05, 3.63) is 63.2 Å². The minimum absolute atomic E-state index is 0.0627. The third-order valence-corrected chi connectivity index (χ3v) is 3.62. The van der Waals surface area contributed by atoms with Gasteiger partial charge in [-0.05, 0) is 31.2 Å². The van der Waals surface area contributed by atoms with Crippen LogP contribution in [0.4, 0.5) is 20.2 Å². The molecule has 0 aromatic heterocycles. The first-order valence-electron chi connectivity index (χ1n) is 7.68. The van der Waals surface area contributed by atoms with Crippen LogP contribution in [-0.4, -0.2) is 29.5 Å². The second kappa shape index (κ2) is 9.09. The topological polar surface area (TPSA) is 108 Å². The maximum atomic E-state index is 12.4. The number of anilines is 1. The van der Waals surface area contributed by atoms with E-state index in [0.717, 1.165) is 12.1 Å². The van der Waals surface area contributed by atoms with E-state index in [1.807, 2.05) is 0 Å². The van der Waals surface area contributed by atoms with Crippen LogP contribution in [0.15, 0.2) is 42.5 Å². The van der Waals surface area contributed by atoms with Gasteiger partial charge in [0.2, 0.25) is 0 Å². The lowest BCUT2D eigenvalue weighted by Crippen LogP contribution is -2.30. The van der Waals surface area contributed by atoms with E-state index in [4.69, 9.17) is 16.3 Å². The van der Waals surface area contributed by atoms with Gasteiger partial charge < -0.3 is 14.8 Å². The minimum Gasteiger partial charge on any atom is -0.449 e. The molecule has 0 saturated carbocycles. The maximum Gasteiger partial charge on any atom is 0.387 e. The molecule has 2 aromatic carbocycles. The highest BCUT2D eigenvalue weighted by atomic mass is 35.5. The fourth-order valence-corrected chi connectivity index (χ4v) is 2.28. The highest BCUT2D eigenvalue weighted by Gasteiger charge is 2.26. The molecule has 1 unspecified atom stereocenters. The number of nitrogens with zero attached hydrogens (tertiary/aromatic N) is 1. The summed E-state index contributed by atoms with van der Waals surface area (Å²) in [7, 11) is 0. The molecule has 0 aliphatic rings. The number of rotatable bonds is 7. The number of hydrogen-bond donors (Lipinski definition) is 1. The molecular formula is C17H13ClF2N2O6. The molecule has 8 nitrogen and oxygen atoms in total. The van der Waals surface area contributed by atoms with Gasteiger partial charge in [-0.15, -0.1) is 0 Å². The Bertz CT molecular complexity index is 909. The molecule has 0 saturated heterocycles. The average molecular weight is 415 g/mol. The van der Waals surface area contributed by atoms with Crippen molar-refractivity contribution in [2.45, 2.75) is 19.6 Å². The molecule has 0 spiro atoms. The summed E-state index contributed by atoms with van der Waals surface area (Å²) >= 11 is 5.75. The summed E-state index contributed by atoms with van der Waals surface area (Å²) in [5.74, 6) is -2.29. The van der Waals surface area contributed by atoms with Crippen LogP contribution in [0.1, 0.15) is 17.3 Å². The number of carbonyl (C=O) groups excluding carboxylic acids is 2. The highest BCUT2D eigenvalue weighted by molar-refractivity contribution is 6.31. The first-order chi connectivity index (χ1) is 13.2. The van der Waals surface area contributed by atoms with Gasteiger partial charge in [-0.1, -0.05) is 23.7 Å². The second-order valence-corrected chi connectivity index (χ2v) is 5.77. The maximum absolute atomic E-state index is 12.4. The molecule has 0 heterocycles. The van der Waals surface area contributed by atoms with Gasteiger partial charge in [0.1, 0.15) is 11.3 Å². The van der Waals surface area contributed by atoms with Crippen LogP contribution in [0.5, 0.6) is 5.75 Å².